The molecule has 292 valence electrons. The van der Waals surface area contributed by atoms with Gasteiger partial charge < -0.3 is 41.5 Å². The minimum absolute atomic E-state index is 0.0599. The van der Waals surface area contributed by atoms with Crippen molar-refractivity contribution in [3.8, 4) is 0 Å². The number of carbonyl (C=O) groups excluding carboxylic acids is 6. The molecule has 0 aromatic carbocycles. The molecule has 1 fully saturated rings. The molecule has 14 nitrogen and oxygen atoms in total. The molecule has 0 aromatic rings. The first-order valence-corrected chi connectivity index (χ1v) is 18.7. The number of aliphatic hydroxyl groups is 2. The van der Waals surface area contributed by atoms with Gasteiger partial charge in [0.05, 0.1) is 19.1 Å². The highest BCUT2D eigenvalue weighted by molar-refractivity contribution is 5.96. The number of unbranched alkanes of at least 4 members (excludes halogenated alkanes) is 4. The highest BCUT2D eigenvalue weighted by Crippen LogP contribution is 2.17. The normalized spacial score (nSPS) is 26.3. The number of hydrogen-bond acceptors (Lipinski definition) is 9. The number of rotatable bonds is 15. The minimum Gasteiger partial charge on any atom is -0.460 e. The summed E-state index contributed by atoms with van der Waals surface area (Å²) in [7, 11) is 0. The second-order valence-electron chi connectivity index (χ2n) is 14.6. The number of allylic oxidation sites excluding steroid dienone is 1. The summed E-state index contributed by atoms with van der Waals surface area (Å²) in [5, 5.41) is 33.4. The standard InChI is InChI=1S/C37H65N5O9/c1-9-11-12-13-14-15-16-17-26-20-30(45)38-27(18-22(3)4)33(46)40-29(21-43)35(48)42-32(25(8)44)36(49)39-28(19-23(5)6)34(47)41-31(24(7)10-2)37(50)51-26/h15-16,22-29,31-32,43-44H,9-14,17-21H2,1-8H3,(H,38,45)(H,39,49)(H,40,46)(H,41,47)(H,42,48). The second kappa shape index (κ2) is 23.9. The van der Waals surface area contributed by atoms with Gasteiger partial charge >= 0.3 is 5.97 Å². The zero-order valence-corrected chi connectivity index (χ0v) is 32.0. The molecule has 1 rings (SSSR count). The first kappa shape index (κ1) is 45.5. The summed E-state index contributed by atoms with van der Waals surface area (Å²) in [6.45, 7) is 13.6. The van der Waals surface area contributed by atoms with Crippen molar-refractivity contribution in [1.29, 1.82) is 0 Å². The smallest absolute Gasteiger partial charge is 0.329 e. The monoisotopic (exact) mass is 723 g/mol. The van der Waals surface area contributed by atoms with E-state index in [1.807, 2.05) is 46.8 Å². The maximum absolute atomic E-state index is 13.8. The average molecular weight is 724 g/mol. The van der Waals surface area contributed by atoms with Crippen LogP contribution in [0.2, 0.25) is 0 Å². The van der Waals surface area contributed by atoms with Gasteiger partial charge in [0.2, 0.25) is 29.5 Å². The quantitative estimate of drug-likeness (QED) is 0.0749. The van der Waals surface area contributed by atoms with E-state index in [9.17, 15) is 39.0 Å². The third-order valence-electron chi connectivity index (χ3n) is 8.83. The summed E-state index contributed by atoms with van der Waals surface area (Å²) in [5.74, 6) is -5.08. The van der Waals surface area contributed by atoms with Crippen LogP contribution in [-0.4, -0.2) is 94.7 Å². The van der Waals surface area contributed by atoms with E-state index in [4.69, 9.17) is 4.74 Å². The van der Waals surface area contributed by atoms with Crippen LogP contribution in [0.15, 0.2) is 12.2 Å². The molecule has 0 spiro atoms. The summed E-state index contributed by atoms with van der Waals surface area (Å²) >= 11 is 0. The first-order chi connectivity index (χ1) is 24.0. The molecule has 1 aliphatic rings. The lowest BCUT2D eigenvalue weighted by Crippen LogP contribution is -2.62. The van der Waals surface area contributed by atoms with E-state index < -0.39 is 84.5 Å². The minimum atomic E-state index is -1.56. The van der Waals surface area contributed by atoms with Gasteiger partial charge in [-0.05, 0) is 50.4 Å². The van der Waals surface area contributed by atoms with Crippen LogP contribution in [-0.2, 0) is 33.5 Å². The van der Waals surface area contributed by atoms with Gasteiger partial charge in [0.1, 0.15) is 36.3 Å². The molecule has 5 amide bonds. The summed E-state index contributed by atoms with van der Waals surface area (Å²) in [6, 6.07) is -6.46. The van der Waals surface area contributed by atoms with Crippen LogP contribution in [0.1, 0.15) is 120 Å². The molecular weight excluding hydrogens is 658 g/mol. The van der Waals surface area contributed by atoms with Crippen molar-refractivity contribution in [2.75, 3.05) is 6.61 Å². The number of nitrogens with one attached hydrogen (secondary N) is 5. The van der Waals surface area contributed by atoms with Gasteiger partial charge in [0.25, 0.3) is 0 Å². The van der Waals surface area contributed by atoms with Crippen LogP contribution in [0.4, 0.5) is 0 Å². The Kier molecular flexibility index (Phi) is 21.3. The molecule has 0 aromatic heterocycles. The maximum Gasteiger partial charge on any atom is 0.329 e. The number of cyclic esters (lactones) is 1. The van der Waals surface area contributed by atoms with E-state index >= 15 is 0 Å². The Hall–Kier alpha value is -3.52. The highest BCUT2D eigenvalue weighted by atomic mass is 16.5. The molecule has 0 bridgehead atoms. The first-order valence-electron chi connectivity index (χ1n) is 18.7. The van der Waals surface area contributed by atoms with Crippen LogP contribution in [0.3, 0.4) is 0 Å². The Morgan fingerprint density at radius 1 is 0.706 bits per heavy atom. The lowest BCUT2D eigenvalue weighted by Gasteiger charge is -2.29. The van der Waals surface area contributed by atoms with Crippen LogP contribution in [0.25, 0.3) is 0 Å². The number of ether oxygens (including phenoxy) is 1. The summed E-state index contributed by atoms with van der Waals surface area (Å²) in [4.78, 5) is 81.1. The van der Waals surface area contributed by atoms with E-state index in [-0.39, 0.29) is 43.4 Å². The van der Waals surface area contributed by atoms with Crippen LogP contribution in [0.5, 0.6) is 0 Å². The molecule has 14 heteroatoms. The molecule has 0 aliphatic carbocycles. The summed E-state index contributed by atoms with van der Waals surface area (Å²) < 4.78 is 5.92. The Balaban J connectivity index is 3.64. The van der Waals surface area contributed by atoms with Crippen LogP contribution >= 0.6 is 0 Å². The summed E-state index contributed by atoms with van der Waals surface area (Å²) in [5.41, 5.74) is 0. The molecule has 8 atom stereocenters. The molecule has 0 saturated carbocycles. The second-order valence-corrected chi connectivity index (χ2v) is 14.6. The fourth-order valence-corrected chi connectivity index (χ4v) is 5.64. The predicted octanol–water partition coefficient (Wildman–Crippen LogP) is 2.15. The van der Waals surface area contributed by atoms with Gasteiger partial charge in [-0.3, -0.25) is 24.0 Å². The van der Waals surface area contributed by atoms with Crippen molar-refractivity contribution in [1.82, 2.24) is 26.6 Å². The van der Waals surface area contributed by atoms with Gasteiger partial charge in [-0.25, -0.2) is 4.79 Å². The third-order valence-corrected chi connectivity index (χ3v) is 8.83. The van der Waals surface area contributed by atoms with E-state index in [2.05, 4.69) is 33.5 Å². The number of carbonyl (C=O) groups is 6. The van der Waals surface area contributed by atoms with Crippen molar-refractivity contribution >= 4 is 35.5 Å². The fraction of sp³-hybridized carbons (Fsp3) is 0.784. The predicted molar refractivity (Wildman–Crippen MR) is 194 cm³/mol. The van der Waals surface area contributed by atoms with E-state index in [0.717, 1.165) is 32.1 Å². The van der Waals surface area contributed by atoms with Gasteiger partial charge in [-0.2, -0.15) is 0 Å². The maximum atomic E-state index is 13.8. The van der Waals surface area contributed by atoms with Crippen molar-refractivity contribution in [2.24, 2.45) is 17.8 Å². The number of aliphatic hydroxyl groups excluding tert-OH is 2. The van der Waals surface area contributed by atoms with E-state index in [0.29, 0.717) is 6.42 Å². The molecule has 1 saturated heterocycles. The fourth-order valence-electron chi connectivity index (χ4n) is 5.64. The molecular formula is C37H65N5O9. The molecule has 8 unspecified atom stereocenters. The highest BCUT2D eigenvalue weighted by Gasteiger charge is 2.36. The van der Waals surface area contributed by atoms with Gasteiger partial charge in [0.15, 0.2) is 0 Å². The van der Waals surface area contributed by atoms with Crippen molar-refractivity contribution in [2.45, 2.75) is 162 Å². The molecule has 0 radical (unpaired) electrons. The average Bonchev–Trinajstić information content (AvgIpc) is 3.05. The van der Waals surface area contributed by atoms with Gasteiger partial charge in [0, 0.05) is 6.42 Å². The Bertz CT molecular complexity index is 1160. The van der Waals surface area contributed by atoms with E-state index in [1.165, 1.54) is 6.92 Å². The van der Waals surface area contributed by atoms with Gasteiger partial charge in [-0.15, -0.1) is 0 Å². The van der Waals surface area contributed by atoms with Crippen molar-refractivity contribution < 1.29 is 43.7 Å². The molecule has 51 heavy (non-hydrogen) atoms. The number of hydrogen-bond donors (Lipinski definition) is 7. The number of amides is 5. The van der Waals surface area contributed by atoms with Gasteiger partial charge in [-0.1, -0.05) is 86.3 Å². The summed E-state index contributed by atoms with van der Waals surface area (Å²) in [6.07, 6.45) is 7.45. The van der Waals surface area contributed by atoms with Crippen molar-refractivity contribution in [3.05, 3.63) is 12.2 Å². The third kappa shape index (κ3) is 17.0. The van der Waals surface area contributed by atoms with E-state index in [1.54, 1.807) is 6.92 Å². The molecule has 1 heterocycles. The Labute approximate surface area is 304 Å². The Morgan fingerprint density at radius 3 is 1.80 bits per heavy atom. The lowest BCUT2D eigenvalue weighted by molar-refractivity contribution is -0.156. The largest absolute Gasteiger partial charge is 0.460 e. The zero-order chi connectivity index (χ0) is 38.7. The molecule has 7 N–H and O–H groups in total. The number of esters is 1. The van der Waals surface area contributed by atoms with Crippen LogP contribution < -0.4 is 26.6 Å². The van der Waals surface area contributed by atoms with Crippen molar-refractivity contribution in [3.63, 3.8) is 0 Å². The topological polar surface area (TPSA) is 212 Å². The Morgan fingerprint density at radius 2 is 1.25 bits per heavy atom. The SMILES string of the molecule is CCCCCCC=CCC1CC(=O)NC(CC(C)C)C(=O)NC(CO)C(=O)NC(C(C)O)C(=O)NC(CC(C)C)C(=O)NC(C(C)CC)C(=O)O1. The lowest BCUT2D eigenvalue weighted by atomic mass is 9.97. The van der Waals surface area contributed by atoms with Crippen LogP contribution in [0, 0.1) is 17.8 Å². The zero-order valence-electron chi connectivity index (χ0n) is 32.0. The molecule has 1 aliphatic heterocycles.